The van der Waals surface area contributed by atoms with Crippen molar-refractivity contribution >= 4 is 18.0 Å². The number of amides is 2. The molecule has 3 unspecified atom stereocenters. The summed E-state index contributed by atoms with van der Waals surface area (Å²) in [6.45, 7) is 0.576. The zero-order chi connectivity index (χ0) is 24.8. The van der Waals surface area contributed by atoms with Gasteiger partial charge in [0.25, 0.3) is 0 Å². The average Bonchev–Trinajstić information content (AvgIpc) is 3.47. The fraction of sp³-hybridized carbons (Fsp3) is 0.423. The number of rotatable bonds is 10. The molecule has 3 atom stereocenters. The van der Waals surface area contributed by atoms with Gasteiger partial charge in [0.05, 0.1) is 6.10 Å². The maximum atomic E-state index is 12.7. The molecule has 0 bridgehead atoms. The van der Waals surface area contributed by atoms with Crippen LogP contribution < -0.4 is 10.6 Å². The van der Waals surface area contributed by atoms with Crippen molar-refractivity contribution in [3.63, 3.8) is 0 Å². The van der Waals surface area contributed by atoms with E-state index in [1.807, 2.05) is 36.4 Å². The summed E-state index contributed by atoms with van der Waals surface area (Å²) in [6.07, 6.45) is -0.708. The van der Waals surface area contributed by atoms with Gasteiger partial charge in [0.2, 0.25) is 5.91 Å². The van der Waals surface area contributed by atoms with Crippen molar-refractivity contribution in [1.82, 2.24) is 10.6 Å². The summed E-state index contributed by atoms with van der Waals surface area (Å²) >= 11 is 0. The minimum Gasteiger partial charge on any atom is -0.479 e. The smallest absolute Gasteiger partial charge is 0.407 e. The molecule has 9 heteroatoms. The molecule has 0 radical (unpaired) electrons. The predicted molar refractivity (Wildman–Crippen MR) is 127 cm³/mol. The van der Waals surface area contributed by atoms with Crippen molar-refractivity contribution in [3.8, 4) is 11.1 Å². The molecular weight excluding hydrogens is 452 g/mol. The minimum atomic E-state index is -1.01. The van der Waals surface area contributed by atoms with Crippen LogP contribution in [0.4, 0.5) is 4.79 Å². The molecule has 3 N–H and O–H groups in total. The Morgan fingerprint density at radius 2 is 1.71 bits per heavy atom. The molecule has 4 rings (SSSR count). The van der Waals surface area contributed by atoms with E-state index in [2.05, 4.69) is 22.8 Å². The third-order valence-electron chi connectivity index (χ3n) is 6.45. The number of alkyl carbamates (subject to hydrolysis) is 1. The Hall–Kier alpha value is -3.43. The summed E-state index contributed by atoms with van der Waals surface area (Å²) in [5.41, 5.74) is 4.47. The predicted octanol–water partition coefficient (Wildman–Crippen LogP) is 2.68. The van der Waals surface area contributed by atoms with Gasteiger partial charge in [-0.2, -0.15) is 0 Å². The van der Waals surface area contributed by atoms with Crippen LogP contribution in [0.15, 0.2) is 48.5 Å². The van der Waals surface area contributed by atoms with Gasteiger partial charge in [-0.3, -0.25) is 4.79 Å². The SMILES string of the molecule is COCCC(NC(=O)OCC1c2ccccc2-c2ccccc21)C(=O)NCC1CCC(C(=O)O)O1. The Kier molecular flexibility index (Phi) is 7.99. The van der Waals surface area contributed by atoms with Crippen LogP contribution in [0.25, 0.3) is 11.1 Å². The highest BCUT2D eigenvalue weighted by molar-refractivity contribution is 5.85. The van der Waals surface area contributed by atoms with E-state index in [1.165, 1.54) is 7.11 Å². The van der Waals surface area contributed by atoms with Crippen LogP contribution in [0.2, 0.25) is 0 Å². The van der Waals surface area contributed by atoms with E-state index in [0.29, 0.717) is 12.8 Å². The summed E-state index contributed by atoms with van der Waals surface area (Å²) in [4.78, 5) is 36.4. The summed E-state index contributed by atoms with van der Waals surface area (Å²) < 4.78 is 16.1. The second-order valence-electron chi connectivity index (χ2n) is 8.71. The van der Waals surface area contributed by atoms with Gasteiger partial charge in [0, 0.05) is 32.6 Å². The van der Waals surface area contributed by atoms with Gasteiger partial charge in [0.1, 0.15) is 12.6 Å². The number of hydrogen-bond acceptors (Lipinski definition) is 6. The maximum Gasteiger partial charge on any atom is 0.407 e. The van der Waals surface area contributed by atoms with Crippen LogP contribution >= 0.6 is 0 Å². The van der Waals surface area contributed by atoms with E-state index in [4.69, 9.17) is 19.3 Å². The van der Waals surface area contributed by atoms with E-state index >= 15 is 0 Å². The zero-order valence-electron chi connectivity index (χ0n) is 19.6. The first-order valence-corrected chi connectivity index (χ1v) is 11.7. The van der Waals surface area contributed by atoms with E-state index in [1.54, 1.807) is 0 Å². The highest BCUT2D eigenvalue weighted by Gasteiger charge is 2.32. The number of fused-ring (bicyclic) bond motifs is 3. The lowest BCUT2D eigenvalue weighted by Gasteiger charge is -2.20. The standard InChI is InChI=1S/C26H30N2O7/c1-33-13-12-22(24(29)27-14-16-10-11-23(35-16)25(30)31)28-26(32)34-15-21-19-8-4-2-6-17(19)18-7-3-5-9-20(18)21/h2-9,16,21-23H,10-15H2,1H3,(H,27,29)(H,28,32)(H,30,31). The van der Waals surface area contributed by atoms with E-state index < -0.39 is 30.1 Å². The van der Waals surface area contributed by atoms with Gasteiger partial charge in [-0.05, 0) is 35.1 Å². The second-order valence-corrected chi connectivity index (χ2v) is 8.71. The summed E-state index contributed by atoms with van der Waals surface area (Å²) in [6, 6.07) is 15.3. The van der Waals surface area contributed by atoms with E-state index in [9.17, 15) is 14.4 Å². The molecule has 35 heavy (non-hydrogen) atoms. The Balaban J connectivity index is 1.32. The van der Waals surface area contributed by atoms with E-state index in [-0.39, 0.29) is 38.2 Å². The molecule has 9 nitrogen and oxygen atoms in total. The van der Waals surface area contributed by atoms with Gasteiger partial charge in [-0.15, -0.1) is 0 Å². The van der Waals surface area contributed by atoms with Crippen LogP contribution in [0, 0.1) is 0 Å². The Morgan fingerprint density at radius 3 is 2.31 bits per heavy atom. The van der Waals surface area contributed by atoms with Gasteiger partial charge >= 0.3 is 12.1 Å². The first-order valence-electron chi connectivity index (χ1n) is 11.7. The second kappa shape index (κ2) is 11.3. The van der Waals surface area contributed by atoms with Crippen LogP contribution in [-0.4, -0.2) is 68.2 Å². The van der Waals surface area contributed by atoms with Crippen LogP contribution in [0.1, 0.15) is 36.3 Å². The van der Waals surface area contributed by atoms with Crippen molar-refractivity contribution in [3.05, 3.63) is 59.7 Å². The molecule has 1 heterocycles. The molecular formula is C26H30N2O7. The van der Waals surface area contributed by atoms with Gasteiger partial charge < -0.3 is 30.0 Å². The Labute approximate surface area is 203 Å². The van der Waals surface area contributed by atoms with Gasteiger partial charge in [0.15, 0.2) is 6.10 Å². The lowest BCUT2D eigenvalue weighted by Crippen LogP contribution is -2.49. The molecule has 1 aliphatic carbocycles. The first-order chi connectivity index (χ1) is 17.0. The molecule has 0 aromatic heterocycles. The maximum absolute atomic E-state index is 12.7. The molecule has 186 valence electrons. The van der Waals surface area contributed by atoms with Crippen molar-refractivity contribution < 1.29 is 33.7 Å². The van der Waals surface area contributed by atoms with Crippen LogP contribution in [-0.2, 0) is 23.8 Å². The van der Waals surface area contributed by atoms with Crippen molar-refractivity contribution in [2.75, 3.05) is 26.9 Å². The summed E-state index contributed by atoms with van der Waals surface area (Å²) in [5.74, 6) is -1.49. The summed E-state index contributed by atoms with van der Waals surface area (Å²) in [5, 5.41) is 14.4. The lowest BCUT2D eigenvalue weighted by molar-refractivity contribution is -0.149. The highest BCUT2D eigenvalue weighted by Crippen LogP contribution is 2.44. The molecule has 2 aromatic rings. The number of carboxylic acids is 1. The van der Waals surface area contributed by atoms with Gasteiger partial charge in [-0.25, -0.2) is 9.59 Å². The average molecular weight is 483 g/mol. The Bertz CT molecular complexity index is 1030. The van der Waals surface area contributed by atoms with Crippen LogP contribution in [0.5, 0.6) is 0 Å². The molecule has 2 aliphatic rings. The van der Waals surface area contributed by atoms with E-state index in [0.717, 1.165) is 22.3 Å². The Morgan fingerprint density at radius 1 is 1.06 bits per heavy atom. The number of nitrogens with one attached hydrogen (secondary N) is 2. The largest absolute Gasteiger partial charge is 0.479 e. The van der Waals surface area contributed by atoms with Crippen molar-refractivity contribution in [2.45, 2.75) is 43.4 Å². The highest BCUT2D eigenvalue weighted by atomic mass is 16.5. The molecule has 1 saturated heterocycles. The number of ether oxygens (including phenoxy) is 3. The van der Waals surface area contributed by atoms with Crippen molar-refractivity contribution in [2.24, 2.45) is 0 Å². The molecule has 1 fully saturated rings. The van der Waals surface area contributed by atoms with Gasteiger partial charge in [-0.1, -0.05) is 48.5 Å². The molecule has 0 saturated carbocycles. The number of benzene rings is 2. The number of hydrogen-bond donors (Lipinski definition) is 3. The zero-order valence-corrected chi connectivity index (χ0v) is 19.6. The number of aliphatic carboxylic acids is 1. The lowest BCUT2D eigenvalue weighted by atomic mass is 9.98. The molecule has 2 amide bonds. The number of carbonyl (C=O) groups excluding carboxylic acids is 2. The molecule has 0 spiro atoms. The molecule has 2 aromatic carbocycles. The fourth-order valence-corrected chi connectivity index (χ4v) is 4.66. The third kappa shape index (κ3) is 5.80. The fourth-order valence-electron chi connectivity index (χ4n) is 4.66. The number of carbonyl (C=O) groups is 3. The topological polar surface area (TPSA) is 123 Å². The van der Waals surface area contributed by atoms with Crippen LogP contribution in [0.3, 0.4) is 0 Å². The number of carboxylic acid groups (broad SMARTS) is 1. The molecule has 1 aliphatic heterocycles. The monoisotopic (exact) mass is 482 g/mol. The third-order valence-corrected chi connectivity index (χ3v) is 6.45. The minimum absolute atomic E-state index is 0.0823. The first kappa shape index (κ1) is 24.7. The van der Waals surface area contributed by atoms with Crippen molar-refractivity contribution in [1.29, 1.82) is 0 Å². The normalized spacial score (nSPS) is 19.5. The summed E-state index contributed by atoms with van der Waals surface area (Å²) in [7, 11) is 1.51. The number of methoxy groups -OCH3 is 1. The quantitative estimate of drug-likeness (QED) is 0.476.